The van der Waals surface area contributed by atoms with Crippen LogP contribution in [0.5, 0.6) is 5.75 Å². The second-order valence-electron chi connectivity index (χ2n) is 9.57. The Morgan fingerprint density at radius 2 is 1.97 bits per heavy atom. The number of nitrogens with one attached hydrogen (secondary N) is 2. The number of carbonyl (C=O) groups excluding carboxylic acids is 2. The zero-order valence-electron chi connectivity index (χ0n) is 18.9. The van der Waals surface area contributed by atoms with Crippen molar-refractivity contribution in [3.05, 3.63) is 23.8 Å². The summed E-state index contributed by atoms with van der Waals surface area (Å²) in [5.74, 6) is 0.666. The predicted octanol–water partition coefficient (Wildman–Crippen LogP) is 4.09. The number of benzene rings is 1. The van der Waals surface area contributed by atoms with Crippen molar-refractivity contribution in [1.29, 1.82) is 0 Å². The van der Waals surface area contributed by atoms with Gasteiger partial charge in [0.1, 0.15) is 17.0 Å². The van der Waals surface area contributed by atoms with Crippen molar-refractivity contribution < 1.29 is 19.1 Å². The molecule has 0 aliphatic carbocycles. The van der Waals surface area contributed by atoms with Gasteiger partial charge in [-0.1, -0.05) is 0 Å². The van der Waals surface area contributed by atoms with Gasteiger partial charge in [0, 0.05) is 23.7 Å². The molecule has 0 saturated carbocycles. The number of carbonyl (C=O) groups is 2. The van der Waals surface area contributed by atoms with Crippen LogP contribution in [-0.4, -0.2) is 47.7 Å². The largest absolute Gasteiger partial charge is 0.487 e. The molecule has 1 aromatic rings. The summed E-state index contributed by atoms with van der Waals surface area (Å²) in [5, 5.41) is 5.88. The highest BCUT2D eigenvalue weighted by Gasteiger charge is 2.35. The molecule has 1 atom stereocenters. The molecule has 2 amide bonds. The van der Waals surface area contributed by atoms with Crippen LogP contribution in [0.4, 0.5) is 10.5 Å². The number of nitrogens with zero attached hydrogens (tertiary/aromatic N) is 1. The van der Waals surface area contributed by atoms with Crippen molar-refractivity contribution in [2.24, 2.45) is 0 Å². The first-order chi connectivity index (χ1) is 13.3. The van der Waals surface area contributed by atoms with Crippen LogP contribution in [0, 0.1) is 0 Å². The predicted molar refractivity (Wildman–Crippen MR) is 114 cm³/mol. The minimum atomic E-state index is -0.579. The molecule has 0 fully saturated rings. The Bertz CT molecular complexity index is 753. The van der Waals surface area contributed by atoms with Crippen LogP contribution in [0.1, 0.15) is 66.5 Å². The molecule has 1 aliphatic heterocycles. The molecule has 2 rings (SSSR count). The van der Waals surface area contributed by atoms with Crippen LogP contribution >= 0.6 is 0 Å². The molecule has 1 aromatic carbocycles. The van der Waals surface area contributed by atoms with E-state index in [-0.39, 0.29) is 18.0 Å². The summed E-state index contributed by atoms with van der Waals surface area (Å²) in [6.07, 6.45) is 0.112. The average molecular weight is 406 g/mol. The summed E-state index contributed by atoms with van der Waals surface area (Å²) < 4.78 is 11.4. The second-order valence-corrected chi connectivity index (χ2v) is 9.57. The van der Waals surface area contributed by atoms with E-state index in [9.17, 15) is 9.59 Å². The number of fused-ring (bicyclic) bond motifs is 1. The lowest BCUT2D eigenvalue weighted by atomic mass is 9.89. The first kappa shape index (κ1) is 23.0. The number of ether oxygens (including phenoxy) is 2. The van der Waals surface area contributed by atoms with Crippen LogP contribution in [0.3, 0.4) is 0 Å². The minimum Gasteiger partial charge on any atom is -0.487 e. The molecule has 7 heteroatoms. The van der Waals surface area contributed by atoms with Crippen molar-refractivity contribution in [3.63, 3.8) is 0 Å². The molecule has 29 heavy (non-hydrogen) atoms. The summed E-state index contributed by atoms with van der Waals surface area (Å²) in [6.45, 7) is 13.9. The van der Waals surface area contributed by atoms with E-state index in [1.54, 1.807) is 6.07 Å². The minimum absolute atomic E-state index is 0.0413. The molecule has 0 spiro atoms. The molecular weight excluding hydrogens is 370 g/mol. The Hall–Kier alpha value is -2.28. The van der Waals surface area contributed by atoms with Crippen LogP contribution < -0.4 is 15.4 Å². The highest BCUT2D eigenvalue weighted by molar-refractivity contribution is 5.85. The Balaban J connectivity index is 2.20. The van der Waals surface area contributed by atoms with Crippen LogP contribution in [0.25, 0.3) is 0 Å². The number of amides is 2. The number of hydrogen-bond acceptors (Lipinski definition) is 5. The quantitative estimate of drug-likeness (QED) is 0.771. The third kappa shape index (κ3) is 6.92. The van der Waals surface area contributed by atoms with Crippen molar-refractivity contribution in [2.45, 2.75) is 78.2 Å². The monoisotopic (exact) mass is 405 g/mol. The molecule has 0 radical (unpaired) electrons. The highest BCUT2D eigenvalue weighted by Crippen LogP contribution is 2.40. The summed E-state index contributed by atoms with van der Waals surface area (Å²) in [4.78, 5) is 26.7. The van der Waals surface area contributed by atoms with E-state index in [1.807, 2.05) is 58.7 Å². The molecule has 0 saturated heterocycles. The lowest BCUT2D eigenvalue weighted by Crippen LogP contribution is -2.44. The highest BCUT2D eigenvalue weighted by atomic mass is 16.6. The van der Waals surface area contributed by atoms with Crippen LogP contribution in [-0.2, 0) is 9.53 Å². The van der Waals surface area contributed by atoms with Gasteiger partial charge in [-0.3, -0.25) is 15.0 Å². The Morgan fingerprint density at radius 3 is 2.55 bits per heavy atom. The lowest BCUT2D eigenvalue weighted by molar-refractivity contribution is -0.123. The third-order valence-corrected chi connectivity index (χ3v) is 4.72. The van der Waals surface area contributed by atoms with Gasteiger partial charge in [-0.2, -0.15) is 0 Å². The summed E-state index contributed by atoms with van der Waals surface area (Å²) in [5.41, 5.74) is 0.456. The van der Waals surface area contributed by atoms with Gasteiger partial charge in [0.2, 0.25) is 5.91 Å². The molecule has 7 nitrogen and oxygen atoms in total. The van der Waals surface area contributed by atoms with E-state index in [0.29, 0.717) is 24.4 Å². The second kappa shape index (κ2) is 8.61. The van der Waals surface area contributed by atoms with E-state index in [4.69, 9.17) is 9.47 Å². The third-order valence-electron chi connectivity index (χ3n) is 4.72. The van der Waals surface area contributed by atoms with E-state index in [1.165, 1.54) is 0 Å². The lowest BCUT2D eigenvalue weighted by Gasteiger charge is -2.38. The van der Waals surface area contributed by atoms with Crippen LogP contribution in [0.15, 0.2) is 18.2 Å². The zero-order chi connectivity index (χ0) is 22.0. The molecule has 0 unspecified atom stereocenters. The van der Waals surface area contributed by atoms with E-state index in [0.717, 1.165) is 5.56 Å². The van der Waals surface area contributed by atoms with Gasteiger partial charge in [0.25, 0.3) is 0 Å². The van der Waals surface area contributed by atoms with Crippen LogP contribution in [0.2, 0.25) is 0 Å². The SMILES string of the molecule is CC(C)N(C)CC(=O)N[C@@H]1CC(C)(C)Oc2ccc(NC(=O)OC(C)(C)C)cc21. The molecule has 1 heterocycles. The van der Waals surface area contributed by atoms with E-state index < -0.39 is 17.3 Å². The number of rotatable bonds is 5. The first-order valence-electron chi connectivity index (χ1n) is 10.1. The average Bonchev–Trinajstić information content (AvgIpc) is 2.52. The zero-order valence-corrected chi connectivity index (χ0v) is 18.9. The van der Waals surface area contributed by atoms with Gasteiger partial charge in [-0.25, -0.2) is 4.79 Å². The fourth-order valence-corrected chi connectivity index (χ4v) is 3.13. The molecule has 0 bridgehead atoms. The summed E-state index contributed by atoms with van der Waals surface area (Å²) in [6, 6.07) is 5.51. The molecule has 0 aromatic heterocycles. The molecule has 162 valence electrons. The van der Waals surface area contributed by atoms with Gasteiger partial charge in [0.05, 0.1) is 12.6 Å². The van der Waals surface area contributed by atoms with E-state index in [2.05, 4.69) is 24.5 Å². The maximum atomic E-state index is 12.6. The molecule has 1 aliphatic rings. The maximum absolute atomic E-state index is 12.6. The van der Waals surface area contributed by atoms with Crippen molar-refractivity contribution in [3.8, 4) is 5.75 Å². The Morgan fingerprint density at radius 1 is 1.31 bits per heavy atom. The molecular formula is C22H35N3O4. The molecule has 2 N–H and O–H groups in total. The standard InChI is InChI=1S/C22H35N3O4/c1-14(2)25(8)13-19(26)24-17-12-22(6,7)28-18-10-9-15(11-16(17)18)23-20(27)29-21(3,4)5/h9-11,14,17H,12-13H2,1-8H3,(H,23,27)(H,24,26)/t17-/m1/s1. The smallest absolute Gasteiger partial charge is 0.412 e. The number of hydrogen-bond donors (Lipinski definition) is 2. The van der Waals surface area contributed by atoms with Gasteiger partial charge in [-0.15, -0.1) is 0 Å². The Kier molecular flexibility index (Phi) is 6.83. The van der Waals surface area contributed by atoms with Gasteiger partial charge in [-0.05, 0) is 73.7 Å². The van der Waals surface area contributed by atoms with Crippen molar-refractivity contribution >= 4 is 17.7 Å². The fraction of sp³-hybridized carbons (Fsp3) is 0.636. The number of likely N-dealkylation sites (N-methyl/N-ethyl adjacent to an activating group) is 1. The Labute approximate surface area is 174 Å². The summed E-state index contributed by atoms with van der Waals surface area (Å²) in [7, 11) is 1.93. The van der Waals surface area contributed by atoms with Crippen molar-refractivity contribution in [2.75, 3.05) is 18.9 Å². The normalized spacial score (nSPS) is 18.1. The number of anilines is 1. The fourth-order valence-electron chi connectivity index (χ4n) is 3.13. The summed E-state index contributed by atoms with van der Waals surface area (Å²) >= 11 is 0. The van der Waals surface area contributed by atoms with E-state index >= 15 is 0 Å². The van der Waals surface area contributed by atoms with Gasteiger partial charge in [0.15, 0.2) is 0 Å². The van der Waals surface area contributed by atoms with Gasteiger partial charge >= 0.3 is 6.09 Å². The first-order valence-corrected chi connectivity index (χ1v) is 10.1. The topological polar surface area (TPSA) is 79.9 Å². The van der Waals surface area contributed by atoms with Crippen molar-refractivity contribution in [1.82, 2.24) is 10.2 Å². The maximum Gasteiger partial charge on any atom is 0.412 e. The van der Waals surface area contributed by atoms with Gasteiger partial charge < -0.3 is 14.8 Å².